The molecule has 2 aromatic rings. The molecule has 18 heavy (non-hydrogen) atoms. The van der Waals surface area contributed by atoms with Crippen LogP contribution in [0.2, 0.25) is 0 Å². The van der Waals surface area contributed by atoms with Crippen molar-refractivity contribution < 1.29 is 4.79 Å². The van der Waals surface area contributed by atoms with Crippen molar-refractivity contribution in [2.75, 3.05) is 0 Å². The van der Waals surface area contributed by atoms with Crippen LogP contribution in [0, 0.1) is 0 Å². The first kappa shape index (κ1) is 9.89. The van der Waals surface area contributed by atoms with E-state index in [1.165, 1.54) is 16.7 Å². The highest BCUT2D eigenvalue weighted by Gasteiger charge is 2.38. The van der Waals surface area contributed by atoms with Crippen LogP contribution in [0.3, 0.4) is 0 Å². The molecule has 2 heterocycles. The Hall–Kier alpha value is -2.09. The van der Waals surface area contributed by atoms with Crippen LogP contribution < -0.4 is 0 Å². The van der Waals surface area contributed by atoms with Gasteiger partial charge in [0.05, 0.1) is 6.04 Å². The van der Waals surface area contributed by atoms with Crippen molar-refractivity contribution in [1.82, 2.24) is 4.90 Å². The average molecular weight is 235 g/mol. The fourth-order valence-electron chi connectivity index (χ4n) is 3.17. The summed E-state index contributed by atoms with van der Waals surface area (Å²) in [5.74, 6) is 0.179. The maximum atomic E-state index is 12.5. The van der Waals surface area contributed by atoms with Crippen LogP contribution in [-0.4, -0.2) is 10.8 Å². The Kier molecular flexibility index (Phi) is 1.90. The Morgan fingerprint density at radius 3 is 2.56 bits per heavy atom. The quantitative estimate of drug-likeness (QED) is 0.687. The lowest BCUT2D eigenvalue weighted by molar-refractivity contribution is 0.0665. The zero-order chi connectivity index (χ0) is 12.1. The standard InChI is InChI=1S/C16H13NO/c18-16-14-8-4-1-5-11(14)9-15-13-7-3-2-6-12(13)10-17(15)16/h1-8,15H,9-10H2. The first-order chi connectivity index (χ1) is 8.84. The van der Waals surface area contributed by atoms with E-state index in [-0.39, 0.29) is 11.9 Å². The van der Waals surface area contributed by atoms with Crippen molar-refractivity contribution in [2.45, 2.75) is 19.0 Å². The first-order valence-corrected chi connectivity index (χ1v) is 6.31. The second-order valence-electron chi connectivity index (χ2n) is 5.01. The monoisotopic (exact) mass is 235 g/mol. The van der Waals surface area contributed by atoms with Crippen molar-refractivity contribution in [2.24, 2.45) is 0 Å². The van der Waals surface area contributed by atoms with Crippen LogP contribution in [0.4, 0.5) is 0 Å². The summed E-state index contributed by atoms with van der Waals surface area (Å²) < 4.78 is 0. The smallest absolute Gasteiger partial charge is 0.254 e. The van der Waals surface area contributed by atoms with Gasteiger partial charge in [0, 0.05) is 12.1 Å². The lowest BCUT2D eigenvalue weighted by Gasteiger charge is -2.31. The number of carbonyl (C=O) groups excluding carboxylic acids is 1. The molecule has 0 aliphatic carbocycles. The highest BCUT2D eigenvalue weighted by molar-refractivity contribution is 5.97. The van der Waals surface area contributed by atoms with Gasteiger partial charge in [-0.05, 0) is 29.2 Å². The van der Waals surface area contributed by atoms with Gasteiger partial charge in [-0.15, -0.1) is 0 Å². The third-order valence-corrected chi connectivity index (χ3v) is 4.05. The summed E-state index contributed by atoms with van der Waals surface area (Å²) in [4.78, 5) is 14.5. The second kappa shape index (κ2) is 3.45. The molecular formula is C16H13NO. The van der Waals surface area contributed by atoms with E-state index in [9.17, 15) is 4.79 Å². The van der Waals surface area contributed by atoms with Gasteiger partial charge in [0.2, 0.25) is 0 Å². The largest absolute Gasteiger partial charge is 0.327 e. The maximum Gasteiger partial charge on any atom is 0.254 e. The van der Waals surface area contributed by atoms with E-state index in [4.69, 9.17) is 0 Å². The summed E-state index contributed by atoms with van der Waals surface area (Å²) in [5, 5.41) is 0. The van der Waals surface area contributed by atoms with E-state index in [0.29, 0.717) is 0 Å². The molecule has 4 rings (SSSR count). The van der Waals surface area contributed by atoms with E-state index in [0.717, 1.165) is 18.5 Å². The molecule has 0 N–H and O–H groups in total. The average Bonchev–Trinajstić information content (AvgIpc) is 2.79. The predicted molar refractivity (Wildman–Crippen MR) is 69.2 cm³/mol. The molecule has 88 valence electrons. The lowest BCUT2D eigenvalue weighted by atomic mass is 9.91. The fourth-order valence-corrected chi connectivity index (χ4v) is 3.17. The molecule has 0 fully saturated rings. The minimum atomic E-state index is 0.179. The molecule has 2 aliphatic heterocycles. The number of carbonyl (C=O) groups is 1. The van der Waals surface area contributed by atoms with E-state index in [2.05, 4.69) is 30.3 Å². The van der Waals surface area contributed by atoms with Crippen LogP contribution in [-0.2, 0) is 13.0 Å². The minimum absolute atomic E-state index is 0.179. The van der Waals surface area contributed by atoms with Crippen LogP contribution in [0.1, 0.15) is 33.1 Å². The van der Waals surface area contributed by atoms with Crippen LogP contribution in [0.5, 0.6) is 0 Å². The van der Waals surface area contributed by atoms with Gasteiger partial charge < -0.3 is 4.90 Å². The molecule has 0 bridgehead atoms. The molecule has 1 unspecified atom stereocenters. The lowest BCUT2D eigenvalue weighted by Crippen LogP contribution is -2.35. The number of amides is 1. The molecule has 0 spiro atoms. The predicted octanol–water partition coefficient (Wildman–Crippen LogP) is 2.94. The van der Waals surface area contributed by atoms with Crippen molar-refractivity contribution in [3.8, 4) is 0 Å². The first-order valence-electron chi connectivity index (χ1n) is 6.31. The van der Waals surface area contributed by atoms with Gasteiger partial charge in [0.25, 0.3) is 5.91 Å². The summed E-state index contributed by atoms with van der Waals surface area (Å²) in [5.41, 5.74) is 4.67. The summed E-state index contributed by atoms with van der Waals surface area (Å²) in [6.07, 6.45) is 0.943. The number of hydrogen-bond acceptors (Lipinski definition) is 1. The maximum absolute atomic E-state index is 12.5. The molecule has 1 atom stereocenters. The summed E-state index contributed by atoms with van der Waals surface area (Å²) >= 11 is 0. The van der Waals surface area contributed by atoms with E-state index >= 15 is 0 Å². The molecule has 2 nitrogen and oxygen atoms in total. The van der Waals surface area contributed by atoms with Crippen LogP contribution >= 0.6 is 0 Å². The molecule has 2 heteroatoms. The van der Waals surface area contributed by atoms with Gasteiger partial charge >= 0.3 is 0 Å². The van der Waals surface area contributed by atoms with Gasteiger partial charge in [0.1, 0.15) is 0 Å². The number of nitrogens with zero attached hydrogens (tertiary/aromatic N) is 1. The molecule has 0 aromatic heterocycles. The summed E-state index contributed by atoms with van der Waals surface area (Å²) in [6.45, 7) is 0.758. The number of hydrogen-bond donors (Lipinski definition) is 0. The van der Waals surface area contributed by atoms with E-state index in [1.807, 2.05) is 23.1 Å². The molecule has 0 radical (unpaired) electrons. The van der Waals surface area contributed by atoms with Crippen LogP contribution in [0.15, 0.2) is 48.5 Å². The second-order valence-corrected chi connectivity index (χ2v) is 5.01. The summed E-state index contributed by atoms with van der Waals surface area (Å²) in [7, 11) is 0. The van der Waals surface area contributed by atoms with E-state index < -0.39 is 0 Å². The molecule has 2 aromatic carbocycles. The van der Waals surface area contributed by atoms with Gasteiger partial charge in [-0.25, -0.2) is 0 Å². The molecular weight excluding hydrogens is 222 g/mol. The van der Waals surface area contributed by atoms with Gasteiger partial charge in [-0.2, -0.15) is 0 Å². The Morgan fingerprint density at radius 2 is 1.67 bits per heavy atom. The van der Waals surface area contributed by atoms with Gasteiger partial charge in [-0.1, -0.05) is 42.5 Å². The third-order valence-electron chi connectivity index (χ3n) is 4.05. The number of benzene rings is 2. The molecule has 0 saturated carbocycles. The zero-order valence-electron chi connectivity index (χ0n) is 9.97. The van der Waals surface area contributed by atoms with Crippen molar-refractivity contribution >= 4 is 5.91 Å². The van der Waals surface area contributed by atoms with Gasteiger partial charge in [-0.3, -0.25) is 4.79 Å². The topological polar surface area (TPSA) is 20.3 Å². The normalized spacial score (nSPS) is 20.3. The number of rotatable bonds is 0. The van der Waals surface area contributed by atoms with Crippen molar-refractivity contribution in [3.05, 3.63) is 70.8 Å². The van der Waals surface area contributed by atoms with Crippen LogP contribution in [0.25, 0.3) is 0 Å². The Labute approximate surface area is 106 Å². The fraction of sp³-hybridized carbons (Fsp3) is 0.188. The van der Waals surface area contributed by atoms with E-state index in [1.54, 1.807) is 0 Å². The molecule has 1 amide bonds. The van der Waals surface area contributed by atoms with Gasteiger partial charge in [0.15, 0.2) is 0 Å². The Morgan fingerprint density at radius 1 is 0.944 bits per heavy atom. The number of fused-ring (bicyclic) bond motifs is 4. The Balaban J connectivity index is 1.86. The third kappa shape index (κ3) is 1.20. The Bertz CT molecular complexity index is 647. The molecule has 2 aliphatic rings. The SMILES string of the molecule is O=C1c2ccccc2CC2c3ccccc3CN12. The summed E-state index contributed by atoms with van der Waals surface area (Å²) in [6, 6.07) is 16.6. The van der Waals surface area contributed by atoms with Crippen molar-refractivity contribution in [3.63, 3.8) is 0 Å². The highest BCUT2D eigenvalue weighted by atomic mass is 16.2. The van der Waals surface area contributed by atoms with Crippen molar-refractivity contribution in [1.29, 1.82) is 0 Å². The zero-order valence-corrected chi connectivity index (χ0v) is 9.97. The molecule has 0 saturated heterocycles. The highest BCUT2D eigenvalue weighted by Crippen LogP contribution is 2.40. The minimum Gasteiger partial charge on any atom is -0.327 e.